The Hall–Kier alpha value is -2.01. The molecule has 1 heterocycles. The van der Waals surface area contributed by atoms with Gasteiger partial charge in [-0.2, -0.15) is 0 Å². The Bertz CT molecular complexity index is 483. The van der Waals surface area contributed by atoms with E-state index in [4.69, 9.17) is 9.47 Å². The molecule has 0 bridgehead atoms. The predicted octanol–water partition coefficient (Wildman–Crippen LogP) is 1.50. The summed E-state index contributed by atoms with van der Waals surface area (Å²) in [7, 11) is 0. The van der Waals surface area contributed by atoms with Gasteiger partial charge < -0.3 is 20.1 Å². The first-order chi connectivity index (χ1) is 10.3. The zero-order chi connectivity index (χ0) is 14.9. The number of carbonyl (C=O) groups is 1. The quantitative estimate of drug-likeness (QED) is 0.747. The molecule has 5 nitrogen and oxygen atoms in total. The zero-order valence-electron chi connectivity index (χ0n) is 12.4. The summed E-state index contributed by atoms with van der Waals surface area (Å²) in [4.78, 5) is 11.7. The molecule has 21 heavy (non-hydrogen) atoms. The molecule has 1 aromatic carbocycles. The van der Waals surface area contributed by atoms with E-state index in [1.807, 2.05) is 19.1 Å². The van der Waals surface area contributed by atoms with Crippen LogP contribution >= 0.6 is 0 Å². The lowest BCUT2D eigenvalue weighted by molar-refractivity contribution is -0.122. The normalized spacial score (nSPS) is 14.2. The topological polar surface area (TPSA) is 59.6 Å². The van der Waals surface area contributed by atoms with Crippen molar-refractivity contribution in [2.75, 3.05) is 32.8 Å². The van der Waals surface area contributed by atoms with E-state index in [0.717, 1.165) is 25.3 Å². The Morgan fingerprint density at radius 3 is 2.57 bits per heavy atom. The first kappa shape index (κ1) is 15.4. The van der Waals surface area contributed by atoms with Gasteiger partial charge in [0.05, 0.1) is 6.61 Å². The summed E-state index contributed by atoms with van der Waals surface area (Å²) in [6, 6.07) is 7.26. The maximum atomic E-state index is 11.7. The van der Waals surface area contributed by atoms with Crippen LogP contribution in [0.1, 0.15) is 13.3 Å². The number of hydrogen-bond donors (Lipinski definition) is 2. The Balaban J connectivity index is 1.69. The summed E-state index contributed by atoms with van der Waals surface area (Å²) in [6.45, 7) is 5.06. The molecule has 0 aromatic heterocycles. The summed E-state index contributed by atoms with van der Waals surface area (Å²) >= 11 is 0. The molecule has 0 fully saturated rings. The average Bonchev–Trinajstić information content (AvgIpc) is 2.53. The fourth-order valence-corrected chi connectivity index (χ4v) is 2.04. The SMILES string of the molecule is CCOc1ccc(OCC(=O)NCC2=CCNCC2)cc1. The highest BCUT2D eigenvalue weighted by molar-refractivity contribution is 5.77. The highest BCUT2D eigenvalue weighted by Crippen LogP contribution is 2.17. The Morgan fingerprint density at radius 2 is 1.95 bits per heavy atom. The van der Waals surface area contributed by atoms with Gasteiger partial charge in [0.2, 0.25) is 0 Å². The number of hydrogen-bond acceptors (Lipinski definition) is 4. The molecule has 1 aromatic rings. The molecule has 0 unspecified atom stereocenters. The van der Waals surface area contributed by atoms with Gasteiger partial charge in [0.15, 0.2) is 6.61 Å². The van der Waals surface area contributed by atoms with E-state index in [9.17, 15) is 4.79 Å². The Labute approximate surface area is 125 Å². The van der Waals surface area contributed by atoms with E-state index in [1.165, 1.54) is 5.57 Å². The molecule has 114 valence electrons. The van der Waals surface area contributed by atoms with Crippen LogP contribution in [0.3, 0.4) is 0 Å². The molecule has 0 aliphatic carbocycles. The third-order valence-electron chi connectivity index (χ3n) is 3.18. The predicted molar refractivity (Wildman–Crippen MR) is 81.7 cm³/mol. The van der Waals surface area contributed by atoms with Crippen molar-refractivity contribution in [2.24, 2.45) is 0 Å². The van der Waals surface area contributed by atoms with Crippen LogP contribution in [0, 0.1) is 0 Å². The number of benzene rings is 1. The van der Waals surface area contributed by atoms with Gasteiger partial charge in [0.1, 0.15) is 11.5 Å². The monoisotopic (exact) mass is 290 g/mol. The summed E-state index contributed by atoms with van der Waals surface area (Å²) in [5.41, 5.74) is 1.27. The zero-order valence-corrected chi connectivity index (χ0v) is 12.4. The summed E-state index contributed by atoms with van der Waals surface area (Å²) < 4.78 is 10.8. The van der Waals surface area contributed by atoms with Crippen molar-refractivity contribution in [2.45, 2.75) is 13.3 Å². The second-order valence-corrected chi connectivity index (χ2v) is 4.79. The van der Waals surface area contributed by atoms with Crippen LogP contribution in [0.4, 0.5) is 0 Å². The van der Waals surface area contributed by atoms with Crippen LogP contribution in [0.25, 0.3) is 0 Å². The van der Waals surface area contributed by atoms with Crippen LogP contribution in [0.5, 0.6) is 11.5 Å². The lowest BCUT2D eigenvalue weighted by Gasteiger charge is -2.14. The summed E-state index contributed by atoms with van der Waals surface area (Å²) in [6.07, 6.45) is 3.11. The van der Waals surface area contributed by atoms with Gasteiger partial charge >= 0.3 is 0 Å². The maximum Gasteiger partial charge on any atom is 0.258 e. The van der Waals surface area contributed by atoms with Crippen molar-refractivity contribution in [1.82, 2.24) is 10.6 Å². The van der Waals surface area contributed by atoms with Crippen LogP contribution in [0.15, 0.2) is 35.9 Å². The lowest BCUT2D eigenvalue weighted by Crippen LogP contribution is -2.32. The molecule has 0 spiro atoms. The molecule has 1 aliphatic rings. The van der Waals surface area contributed by atoms with Gasteiger partial charge in [-0.05, 0) is 44.2 Å². The van der Waals surface area contributed by atoms with Crippen molar-refractivity contribution in [3.05, 3.63) is 35.9 Å². The minimum atomic E-state index is -0.108. The van der Waals surface area contributed by atoms with Crippen molar-refractivity contribution >= 4 is 5.91 Å². The van der Waals surface area contributed by atoms with E-state index in [-0.39, 0.29) is 12.5 Å². The van der Waals surface area contributed by atoms with Crippen LogP contribution in [-0.2, 0) is 4.79 Å². The lowest BCUT2D eigenvalue weighted by atomic mass is 10.1. The highest BCUT2D eigenvalue weighted by Gasteiger charge is 2.06. The van der Waals surface area contributed by atoms with Crippen LogP contribution in [0.2, 0.25) is 0 Å². The molecule has 2 rings (SSSR count). The van der Waals surface area contributed by atoms with Gasteiger partial charge in [0.25, 0.3) is 5.91 Å². The fourth-order valence-electron chi connectivity index (χ4n) is 2.04. The number of nitrogens with one attached hydrogen (secondary N) is 2. The van der Waals surface area contributed by atoms with Gasteiger partial charge in [0, 0.05) is 13.1 Å². The van der Waals surface area contributed by atoms with Gasteiger partial charge in [-0.3, -0.25) is 4.79 Å². The van der Waals surface area contributed by atoms with Crippen LogP contribution < -0.4 is 20.1 Å². The smallest absolute Gasteiger partial charge is 0.258 e. The Morgan fingerprint density at radius 1 is 1.24 bits per heavy atom. The van der Waals surface area contributed by atoms with Crippen molar-refractivity contribution in [3.8, 4) is 11.5 Å². The molecule has 0 atom stereocenters. The fraction of sp³-hybridized carbons (Fsp3) is 0.438. The molecule has 0 saturated carbocycles. The van der Waals surface area contributed by atoms with Crippen molar-refractivity contribution in [1.29, 1.82) is 0 Å². The standard InChI is InChI=1S/C16H22N2O3/c1-2-20-14-3-5-15(6-4-14)21-12-16(19)18-11-13-7-9-17-10-8-13/h3-7,17H,2,8-12H2,1H3,(H,18,19). The maximum absolute atomic E-state index is 11.7. The number of amides is 1. The first-order valence-corrected chi connectivity index (χ1v) is 7.29. The molecule has 0 radical (unpaired) electrons. The molecular formula is C16H22N2O3. The molecule has 2 N–H and O–H groups in total. The Kier molecular flexibility index (Phi) is 6.09. The average molecular weight is 290 g/mol. The minimum Gasteiger partial charge on any atom is -0.494 e. The molecular weight excluding hydrogens is 268 g/mol. The number of carbonyl (C=O) groups excluding carboxylic acids is 1. The van der Waals surface area contributed by atoms with E-state index in [0.29, 0.717) is 18.9 Å². The van der Waals surface area contributed by atoms with Crippen LogP contribution in [-0.4, -0.2) is 38.8 Å². The summed E-state index contributed by atoms with van der Waals surface area (Å²) in [5, 5.41) is 6.11. The van der Waals surface area contributed by atoms with E-state index < -0.39 is 0 Å². The summed E-state index contributed by atoms with van der Waals surface area (Å²) in [5.74, 6) is 1.35. The molecule has 1 amide bonds. The second kappa shape index (κ2) is 8.32. The van der Waals surface area contributed by atoms with Crippen molar-refractivity contribution in [3.63, 3.8) is 0 Å². The van der Waals surface area contributed by atoms with Crippen molar-refractivity contribution < 1.29 is 14.3 Å². The number of rotatable bonds is 7. The third kappa shape index (κ3) is 5.47. The van der Waals surface area contributed by atoms with E-state index in [1.54, 1.807) is 12.1 Å². The molecule has 5 heteroatoms. The largest absolute Gasteiger partial charge is 0.494 e. The second-order valence-electron chi connectivity index (χ2n) is 4.79. The first-order valence-electron chi connectivity index (χ1n) is 7.29. The van der Waals surface area contributed by atoms with Gasteiger partial charge in [-0.1, -0.05) is 11.6 Å². The highest BCUT2D eigenvalue weighted by atomic mass is 16.5. The molecule has 1 aliphatic heterocycles. The number of ether oxygens (including phenoxy) is 2. The third-order valence-corrected chi connectivity index (χ3v) is 3.18. The minimum absolute atomic E-state index is 0.0273. The van der Waals surface area contributed by atoms with Gasteiger partial charge in [-0.25, -0.2) is 0 Å². The van der Waals surface area contributed by atoms with E-state index in [2.05, 4.69) is 16.7 Å². The molecule has 0 saturated heterocycles. The van der Waals surface area contributed by atoms with Gasteiger partial charge in [-0.15, -0.1) is 0 Å². The van der Waals surface area contributed by atoms with E-state index >= 15 is 0 Å².